The molecule has 0 spiro atoms. The van der Waals surface area contributed by atoms with Gasteiger partial charge in [0.25, 0.3) is 0 Å². The van der Waals surface area contributed by atoms with Gasteiger partial charge in [-0.25, -0.2) is 0 Å². The Hall–Kier alpha value is -1.02. The van der Waals surface area contributed by atoms with Crippen LogP contribution in [0, 0.1) is 0 Å². The second-order valence-corrected chi connectivity index (χ2v) is 11.5. The van der Waals surface area contributed by atoms with Gasteiger partial charge in [0.15, 0.2) is 9.76 Å². The first-order chi connectivity index (χ1) is 12.7. The third kappa shape index (κ3) is 4.27. The van der Waals surface area contributed by atoms with Gasteiger partial charge in [-0.15, -0.1) is 0 Å². The summed E-state index contributed by atoms with van der Waals surface area (Å²) in [5, 5.41) is 0. The minimum Gasteiger partial charge on any atom is -0.425 e. The molecule has 1 nitrogen and oxygen atoms in total. The fourth-order valence-electron chi connectivity index (χ4n) is 3.77. The van der Waals surface area contributed by atoms with Crippen LogP contribution in [0.1, 0.15) is 50.3 Å². The van der Waals surface area contributed by atoms with Crippen molar-refractivity contribution in [1.82, 2.24) is 0 Å². The average Bonchev–Trinajstić information content (AvgIpc) is 3.13. The van der Waals surface area contributed by atoms with Crippen LogP contribution in [0.5, 0.6) is 0 Å². The molecule has 2 aliphatic rings. The maximum Gasteiger partial charge on any atom is 0.158 e. The van der Waals surface area contributed by atoms with Crippen LogP contribution >= 0.6 is 0 Å². The van der Waals surface area contributed by atoms with Crippen molar-refractivity contribution in [2.75, 3.05) is 6.61 Å². The number of hydrogen-bond acceptors (Lipinski definition) is 1. The van der Waals surface area contributed by atoms with E-state index in [0.717, 1.165) is 13.9 Å². The summed E-state index contributed by atoms with van der Waals surface area (Å²) >= 11 is -0.616. The maximum absolute atomic E-state index is 4.97. The maximum atomic E-state index is 4.97. The predicted octanol–water partition coefficient (Wildman–Crippen LogP) is 5.54. The Morgan fingerprint density at radius 1 is 0.846 bits per heavy atom. The molecular formula is C23H28OSiZr. The molecule has 0 N–H and O–H groups in total. The monoisotopic (exact) mass is 438 g/mol. The Morgan fingerprint density at radius 3 is 1.69 bits per heavy atom. The summed E-state index contributed by atoms with van der Waals surface area (Å²) in [6, 6.07) is 17.9. The van der Waals surface area contributed by atoms with E-state index in [1.165, 1.54) is 11.1 Å². The van der Waals surface area contributed by atoms with Crippen LogP contribution in [0.2, 0.25) is 6.55 Å². The van der Waals surface area contributed by atoms with Gasteiger partial charge in [0.05, 0.1) is 0 Å². The fraction of sp³-hybridized carbons (Fsp3) is 0.304. The third-order valence-corrected chi connectivity index (χ3v) is 11.3. The van der Waals surface area contributed by atoms with Gasteiger partial charge in [0, 0.05) is 6.61 Å². The summed E-state index contributed by atoms with van der Waals surface area (Å²) < 4.78 is 6.45. The number of fused-ring (bicyclic) bond motifs is 2. The molecule has 2 aromatic carbocycles. The third-order valence-electron chi connectivity index (χ3n) is 5.03. The molecule has 2 aromatic rings. The van der Waals surface area contributed by atoms with Crippen molar-refractivity contribution >= 4 is 21.9 Å². The van der Waals surface area contributed by atoms with Crippen LogP contribution in [0.15, 0.2) is 59.7 Å². The Bertz CT molecular complexity index is 757. The topological polar surface area (TPSA) is 9.23 Å². The molecule has 0 saturated carbocycles. The Kier molecular flexibility index (Phi) is 7.03. The summed E-state index contributed by atoms with van der Waals surface area (Å²) in [4.78, 5) is 0. The van der Waals surface area contributed by atoms with Gasteiger partial charge < -0.3 is 4.43 Å². The standard InChI is InChI=1S/2C10H9.C3H10OSi.Zr/c2*1-8-6-9-4-2-3-5-10(9)7-8;1-3-4-5-2;/h2*2-7H,1H3;3,5H2,1-2H3;. The molecule has 3 heteroatoms. The summed E-state index contributed by atoms with van der Waals surface area (Å²) in [6.07, 6.45) is 4.81. The van der Waals surface area contributed by atoms with E-state index in [1.807, 2.05) is 6.92 Å². The molecule has 0 fully saturated rings. The zero-order valence-corrected chi connectivity index (χ0v) is 20.1. The van der Waals surface area contributed by atoms with Gasteiger partial charge in [0.2, 0.25) is 0 Å². The molecule has 0 saturated heterocycles. The van der Waals surface area contributed by atoms with Crippen molar-refractivity contribution in [3.05, 3.63) is 81.9 Å². The quantitative estimate of drug-likeness (QED) is 0.568. The first-order valence-electron chi connectivity index (χ1n) is 9.53. The molecule has 2 unspecified atom stereocenters. The summed E-state index contributed by atoms with van der Waals surface area (Å²) in [5.74, 6) is 0. The number of rotatable bonds is 4. The van der Waals surface area contributed by atoms with Crippen LogP contribution < -0.4 is 0 Å². The molecule has 4 rings (SSSR count). The normalized spacial score (nSPS) is 20.2. The molecule has 0 amide bonds. The van der Waals surface area contributed by atoms with Crippen molar-refractivity contribution in [3.8, 4) is 0 Å². The van der Waals surface area contributed by atoms with Crippen molar-refractivity contribution in [3.63, 3.8) is 0 Å². The predicted molar refractivity (Wildman–Crippen MR) is 112 cm³/mol. The van der Waals surface area contributed by atoms with Crippen molar-refractivity contribution in [2.24, 2.45) is 0 Å². The number of hydrogen-bond donors (Lipinski definition) is 0. The van der Waals surface area contributed by atoms with Crippen LogP contribution in [0.25, 0.3) is 12.2 Å². The molecule has 26 heavy (non-hydrogen) atoms. The van der Waals surface area contributed by atoms with Gasteiger partial charge >= 0.3 is 138 Å². The minimum absolute atomic E-state index is 0.0860. The van der Waals surface area contributed by atoms with E-state index in [0.29, 0.717) is 0 Å². The molecule has 0 heterocycles. The first-order valence-corrected chi connectivity index (χ1v) is 14.4. The summed E-state index contributed by atoms with van der Waals surface area (Å²) in [5.41, 5.74) is 9.24. The fourth-order valence-corrected chi connectivity index (χ4v) is 8.88. The Labute approximate surface area is 172 Å². The summed E-state index contributed by atoms with van der Waals surface area (Å²) in [7, 11) is -0.0860. The first kappa shape index (κ1) is 19.7. The van der Waals surface area contributed by atoms with Crippen LogP contribution in [0.3, 0.4) is 0 Å². The van der Waals surface area contributed by atoms with Crippen molar-refractivity contribution in [2.45, 2.75) is 34.6 Å². The Balaban J connectivity index is 0.000000349. The largest absolute Gasteiger partial charge is 0.425 e. The van der Waals surface area contributed by atoms with Gasteiger partial charge in [0.1, 0.15) is 0 Å². The molecule has 0 aromatic heterocycles. The van der Waals surface area contributed by atoms with E-state index in [9.17, 15) is 0 Å². The zero-order valence-electron chi connectivity index (χ0n) is 16.3. The van der Waals surface area contributed by atoms with E-state index in [2.05, 4.69) is 81.1 Å². The van der Waals surface area contributed by atoms with E-state index in [1.54, 1.807) is 22.3 Å². The molecule has 2 aliphatic carbocycles. The smallest absolute Gasteiger partial charge is 0.158 e. The van der Waals surface area contributed by atoms with E-state index in [4.69, 9.17) is 4.43 Å². The van der Waals surface area contributed by atoms with Gasteiger partial charge in [-0.3, -0.25) is 0 Å². The van der Waals surface area contributed by atoms with E-state index in [-0.39, 0.29) is 9.76 Å². The second kappa shape index (κ2) is 9.26. The molecule has 0 bridgehead atoms. The van der Waals surface area contributed by atoms with Crippen LogP contribution in [-0.4, -0.2) is 16.4 Å². The summed E-state index contributed by atoms with van der Waals surface area (Å²) in [6.45, 7) is 9.71. The van der Waals surface area contributed by atoms with Gasteiger partial charge in [-0.1, -0.05) is 6.55 Å². The average molecular weight is 440 g/mol. The van der Waals surface area contributed by atoms with Gasteiger partial charge in [-0.2, -0.15) is 0 Å². The Morgan fingerprint density at radius 2 is 1.31 bits per heavy atom. The van der Waals surface area contributed by atoms with E-state index < -0.39 is 23.2 Å². The SMILES string of the molecule is CC1=Cc2ccccc2[CH]1[Zr][CH]1C(C)=Cc2ccccc21.CCO[SiH2]C. The number of allylic oxidation sites excluding steroid dienone is 2. The van der Waals surface area contributed by atoms with Crippen molar-refractivity contribution < 1.29 is 27.7 Å². The van der Waals surface area contributed by atoms with E-state index >= 15 is 0 Å². The minimum atomic E-state index is -0.616. The molecule has 0 radical (unpaired) electrons. The molecular weight excluding hydrogens is 412 g/mol. The molecule has 0 aliphatic heterocycles. The van der Waals surface area contributed by atoms with Crippen molar-refractivity contribution in [1.29, 1.82) is 0 Å². The van der Waals surface area contributed by atoms with Gasteiger partial charge in [-0.05, 0) is 6.92 Å². The second-order valence-electron chi connectivity index (χ2n) is 6.85. The molecule has 134 valence electrons. The van der Waals surface area contributed by atoms with Crippen LogP contribution in [0.4, 0.5) is 0 Å². The zero-order chi connectivity index (χ0) is 18.5. The number of benzene rings is 2. The van der Waals surface area contributed by atoms with Crippen LogP contribution in [-0.2, 0) is 27.7 Å². The molecule has 2 atom stereocenters.